The molecule has 2 spiro atoms. The van der Waals surface area contributed by atoms with E-state index in [-0.39, 0.29) is 17.5 Å². The monoisotopic (exact) mass is 498 g/mol. The van der Waals surface area contributed by atoms with Crippen LogP contribution in [0.2, 0.25) is 0 Å². The first-order chi connectivity index (χ1) is 17.3. The van der Waals surface area contributed by atoms with Gasteiger partial charge in [-0.2, -0.15) is 0 Å². The highest BCUT2D eigenvalue weighted by Gasteiger charge is 2.54. The molecule has 7 heteroatoms. The Morgan fingerprint density at radius 3 is 2.31 bits per heavy atom. The van der Waals surface area contributed by atoms with E-state index in [9.17, 15) is 14.4 Å². The Morgan fingerprint density at radius 1 is 0.944 bits per heavy atom. The van der Waals surface area contributed by atoms with Crippen LogP contribution in [-0.2, 0) is 33.3 Å². The largest absolute Gasteiger partial charge is 0.462 e. The van der Waals surface area contributed by atoms with Gasteiger partial charge in [0.15, 0.2) is 23.6 Å². The van der Waals surface area contributed by atoms with Gasteiger partial charge < -0.3 is 18.9 Å². The summed E-state index contributed by atoms with van der Waals surface area (Å²) in [5.74, 6) is -1.37. The molecule has 2 heterocycles. The Labute approximate surface area is 213 Å². The highest BCUT2D eigenvalue weighted by Crippen LogP contribution is 2.48. The lowest BCUT2D eigenvalue weighted by atomic mass is 9.91. The van der Waals surface area contributed by atoms with Crippen LogP contribution in [0.1, 0.15) is 84.5 Å². The maximum atomic E-state index is 12.6. The number of carbonyl (C=O) groups excluding carboxylic acids is 3. The van der Waals surface area contributed by atoms with Crippen LogP contribution in [0.4, 0.5) is 0 Å². The van der Waals surface area contributed by atoms with Gasteiger partial charge in [0.1, 0.15) is 17.3 Å². The lowest BCUT2D eigenvalue weighted by Crippen LogP contribution is -2.51. The van der Waals surface area contributed by atoms with Gasteiger partial charge in [0.2, 0.25) is 0 Å². The number of ether oxygens (including phenoxy) is 4. The van der Waals surface area contributed by atoms with Crippen LogP contribution in [0.15, 0.2) is 48.6 Å². The molecule has 2 saturated heterocycles. The van der Waals surface area contributed by atoms with Gasteiger partial charge in [-0.25, -0.2) is 0 Å². The van der Waals surface area contributed by atoms with Crippen LogP contribution in [0.25, 0.3) is 0 Å². The third kappa shape index (κ3) is 6.50. The van der Waals surface area contributed by atoms with Crippen molar-refractivity contribution < 1.29 is 33.3 Å². The predicted molar refractivity (Wildman–Crippen MR) is 134 cm³/mol. The Bertz CT molecular complexity index is 927. The van der Waals surface area contributed by atoms with Gasteiger partial charge >= 0.3 is 5.97 Å². The molecule has 196 valence electrons. The Hall–Kier alpha value is -2.35. The molecule has 0 saturated carbocycles. The van der Waals surface area contributed by atoms with Crippen LogP contribution in [0.3, 0.4) is 0 Å². The molecule has 2 fully saturated rings. The molecule has 3 atom stereocenters. The number of hydrogen-bond acceptors (Lipinski definition) is 7. The Kier molecular flexibility index (Phi) is 8.43. The van der Waals surface area contributed by atoms with Crippen LogP contribution < -0.4 is 0 Å². The first kappa shape index (κ1) is 26.7. The lowest BCUT2D eigenvalue weighted by molar-refractivity contribution is -0.351. The van der Waals surface area contributed by atoms with E-state index in [1.165, 1.54) is 24.3 Å². The SMILES string of the molecule is CCCCCCC(=O)O[C@@H]1CC(OC2(CCC)C=CC(=O)C=C2)O[C@@]2(CCC3(C=CC(=O)C=C3)O2)C1. The molecular weight excluding hydrogens is 460 g/mol. The highest BCUT2D eigenvalue weighted by atomic mass is 16.8. The molecule has 2 aliphatic heterocycles. The number of ketones is 2. The van der Waals surface area contributed by atoms with Crippen molar-refractivity contribution >= 4 is 17.5 Å². The molecule has 7 nitrogen and oxygen atoms in total. The van der Waals surface area contributed by atoms with Crippen LogP contribution in [0.5, 0.6) is 0 Å². The zero-order chi connectivity index (χ0) is 25.7. The summed E-state index contributed by atoms with van der Waals surface area (Å²) in [6.45, 7) is 4.20. The van der Waals surface area contributed by atoms with Crippen LogP contribution in [-0.4, -0.2) is 46.9 Å². The smallest absolute Gasteiger partial charge is 0.306 e. The molecule has 0 aromatic heterocycles. The number of esters is 1. The van der Waals surface area contributed by atoms with Gasteiger partial charge in [-0.3, -0.25) is 14.4 Å². The molecule has 0 amide bonds. The second-order valence-electron chi connectivity index (χ2n) is 10.3. The van der Waals surface area contributed by atoms with E-state index < -0.39 is 29.4 Å². The fraction of sp³-hybridized carbons (Fsp3) is 0.621. The Morgan fingerprint density at radius 2 is 1.64 bits per heavy atom. The minimum atomic E-state index is -1.00. The van der Waals surface area contributed by atoms with Crippen molar-refractivity contribution in [1.29, 1.82) is 0 Å². The van der Waals surface area contributed by atoms with E-state index in [1.807, 2.05) is 0 Å². The molecule has 1 unspecified atom stereocenters. The fourth-order valence-electron chi connectivity index (χ4n) is 5.43. The van der Waals surface area contributed by atoms with E-state index in [4.69, 9.17) is 18.9 Å². The maximum absolute atomic E-state index is 12.6. The molecule has 0 radical (unpaired) electrons. The lowest BCUT2D eigenvalue weighted by Gasteiger charge is -2.44. The third-order valence-electron chi connectivity index (χ3n) is 7.26. The summed E-state index contributed by atoms with van der Waals surface area (Å²) >= 11 is 0. The summed E-state index contributed by atoms with van der Waals surface area (Å²) in [5.41, 5.74) is -1.49. The van der Waals surface area contributed by atoms with Gasteiger partial charge in [-0.05, 0) is 67.9 Å². The second-order valence-corrected chi connectivity index (χ2v) is 10.3. The molecule has 0 bridgehead atoms. The normalized spacial score (nSPS) is 29.9. The van der Waals surface area contributed by atoms with Crippen molar-refractivity contribution in [3.05, 3.63) is 48.6 Å². The minimum Gasteiger partial charge on any atom is -0.462 e. The van der Waals surface area contributed by atoms with Crippen LogP contribution in [0, 0.1) is 0 Å². The van der Waals surface area contributed by atoms with Gasteiger partial charge in [0.25, 0.3) is 0 Å². The first-order valence-corrected chi connectivity index (χ1v) is 13.4. The van der Waals surface area contributed by atoms with Crippen molar-refractivity contribution in [3.63, 3.8) is 0 Å². The van der Waals surface area contributed by atoms with Gasteiger partial charge in [0.05, 0.1) is 0 Å². The van der Waals surface area contributed by atoms with E-state index in [1.54, 1.807) is 24.3 Å². The number of unbranched alkanes of at least 4 members (excludes halogenated alkanes) is 3. The van der Waals surface area contributed by atoms with E-state index >= 15 is 0 Å². The molecule has 0 aromatic rings. The van der Waals surface area contributed by atoms with Crippen molar-refractivity contribution in [1.82, 2.24) is 0 Å². The molecule has 2 aliphatic carbocycles. The zero-order valence-electron chi connectivity index (χ0n) is 21.4. The standard InChI is InChI=1S/C29H38O7/c1-3-5-6-7-8-25(32)33-24-20-26(34-27(13-4-2)14-9-22(30)10-15-27)35-29(21-24)19-18-28(36-29)16-11-23(31)12-17-28/h9-12,14-17,24,26H,3-8,13,18-21H2,1-2H3/t24-,26?,29-/m1/s1. The molecule has 0 N–H and O–H groups in total. The zero-order valence-corrected chi connectivity index (χ0v) is 21.4. The predicted octanol–water partition coefficient (Wildman–Crippen LogP) is 5.20. The summed E-state index contributed by atoms with van der Waals surface area (Å²) in [6, 6.07) is 0. The quantitative estimate of drug-likeness (QED) is 0.302. The van der Waals surface area contributed by atoms with E-state index in [2.05, 4.69) is 13.8 Å². The minimum absolute atomic E-state index is 0.0715. The summed E-state index contributed by atoms with van der Waals surface area (Å²) in [4.78, 5) is 36.1. The van der Waals surface area contributed by atoms with E-state index in [0.29, 0.717) is 38.5 Å². The number of allylic oxidation sites excluding steroid dienone is 4. The maximum Gasteiger partial charge on any atom is 0.306 e. The van der Waals surface area contributed by atoms with Crippen LogP contribution >= 0.6 is 0 Å². The van der Waals surface area contributed by atoms with Gasteiger partial charge in [0, 0.05) is 25.7 Å². The summed E-state index contributed by atoms with van der Waals surface area (Å²) in [6.07, 6.45) is 20.1. The summed E-state index contributed by atoms with van der Waals surface area (Å²) in [7, 11) is 0. The van der Waals surface area contributed by atoms with Crippen molar-refractivity contribution in [2.45, 2.75) is 114 Å². The van der Waals surface area contributed by atoms with Crippen molar-refractivity contribution in [2.75, 3.05) is 0 Å². The Balaban J connectivity index is 1.50. The summed E-state index contributed by atoms with van der Waals surface area (Å²) < 4.78 is 25.4. The average molecular weight is 499 g/mol. The van der Waals surface area contributed by atoms with Gasteiger partial charge in [-0.1, -0.05) is 39.5 Å². The number of carbonyl (C=O) groups is 3. The molecular formula is C29H38O7. The van der Waals surface area contributed by atoms with E-state index in [0.717, 1.165) is 32.1 Å². The topological polar surface area (TPSA) is 88.1 Å². The number of rotatable bonds is 10. The van der Waals surface area contributed by atoms with Crippen molar-refractivity contribution in [2.24, 2.45) is 0 Å². The fourth-order valence-corrected chi connectivity index (χ4v) is 5.43. The molecule has 0 aromatic carbocycles. The molecule has 4 rings (SSSR count). The molecule has 4 aliphatic rings. The second kappa shape index (κ2) is 11.4. The molecule has 36 heavy (non-hydrogen) atoms. The number of hydrogen-bond donors (Lipinski definition) is 0. The van der Waals surface area contributed by atoms with Gasteiger partial charge in [-0.15, -0.1) is 0 Å². The average Bonchev–Trinajstić information content (AvgIpc) is 3.17. The first-order valence-electron chi connectivity index (χ1n) is 13.4. The van der Waals surface area contributed by atoms with Crippen molar-refractivity contribution in [3.8, 4) is 0 Å². The third-order valence-corrected chi connectivity index (χ3v) is 7.26. The summed E-state index contributed by atoms with van der Waals surface area (Å²) in [5, 5.41) is 0. The highest BCUT2D eigenvalue weighted by molar-refractivity contribution is 6.01.